The molecule has 1 atom stereocenters. The zero-order valence-corrected chi connectivity index (χ0v) is 11.4. The zero-order valence-electron chi connectivity index (χ0n) is 10.6. The van der Waals surface area contributed by atoms with E-state index in [0.717, 1.165) is 13.1 Å². The summed E-state index contributed by atoms with van der Waals surface area (Å²) in [6.45, 7) is 0. The van der Waals surface area contributed by atoms with Crippen LogP contribution in [-0.2, 0) is 6.42 Å². The minimum Gasteiger partial charge on any atom is -0.316 e. The molecule has 0 bridgehead atoms. The van der Waals surface area contributed by atoms with Gasteiger partial charge in [-0.25, -0.2) is 4.39 Å². The molecule has 1 N–H and O–H groups in total. The molecule has 1 aromatic carbocycles. The third-order valence-electron chi connectivity index (χ3n) is 2.96. The molecular weight excluding hydrogens is 327 g/mol. The molecule has 0 aromatic heterocycles. The Labute approximate surface area is 121 Å². The lowest BCUT2D eigenvalue weighted by atomic mass is 9.92. The number of hydrogen-bond donors (Lipinski definition) is 1. The van der Waals surface area contributed by atoms with Gasteiger partial charge in [-0.15, -0.1) is 0 Å². The maximum absolute atomic E-state index is 13.5. The van der Waals surface area contributed by atoms with E-state index in [-0.39, 0.29) is 5.02 Å². The van der Waals surface area contributed by atoms with Gasteiger partial charge in [0.1, 0.15) is 5.82 Å². The zero-order chi connectivity index (χ0) is 16.4. The van der Waals surface area contributed by atoms with Gasteiger partial charge in [0.05, 0.1) is 0 Å². The largest absolute Gasteiger partial charge is 0.402 e. The maximum Gasteiger partial charge on any atom is 0.402 e. The first kappa shape index (κ1) is 18.0. The molecule has 0 aliphatic rings. The average Bonchev–Trinajstić information content (AvgIpc) is 2.28. The van der Waals surface area contributed by atoms with Gasteiger partial charge in [-0.05, 0) is 25.6 Å². The van der Waals surface area contributed by atoms with Gasteiger partial charge in [-0.1, -0.05) is 17.7 Å². The topological polar surface area (TPSA) is 12.0 Å². The summed E-state index contributed by atoms with van der Waals surface area (Å²) in [5, 5.41) is 1.73. The molecule has 120 valence electrons. The van der Waals surface area contributed by atoms with E-state index >= 15 is 0 Å². The Hall–Kier alpha value is -1.02. The number of alkyl halides is 6. The van der Waals surface area contributed by atoms with Crippen LogP contribution in [-0.4, -0.2) is 25.4 Å². The Bertz CT molecular complexity index is 449. The second-order valence-corrected chi connectivity index (χ2v) is 4.77. The highest BCUT2D eigenvalue weighted by molar-refractivity contribution is 6.31. The maximum atomic E-state index is 13.5. The van der Waals surface area contributed by atoms with Crippen LogP contribution < -0.4 is 5.32 Å². The van der Waals surface area contributed by atoms with Gasteiger partial charge >= 0.3 is 12.4 Å². The first-order valence-corrected chi connectivity index (χ1v) is 6.09. The summed E-state index contributed by atoms with van der Waals surface area (Å²) in [4.78, 5) is 0. The number of hydrogen-bond acceptors (Lipinski definition) is 1. The van der Waals surface area contributed by atoms with Crippen molar-refractivity contribution in [2.75, 3.05) is 7.05 Å². The fraction of sp³-hybridized carbons (Fsp3) is 0.500. The summed E-state index contributed by atoms with van der Waals surface area (Å²) in [6, 6.07) is 1.24. The highest BCUT2D eigenvalue weighted by Gasteiger charge is 2.59. The SMILES string of the molecule is CNC(Cc1c(F)cccc1Cl)C(C(F)(F)F)C(F)(F)F. The molecule has 0 heterocycles. The van der Waals surface area contributed by atoms with Crippen molar-refractivity contribution in [1.29, 1.82) is 0 Å². The molecule has 0 fully saturated rings. The van der Waals surface area contributed by atoms with E-state index in [9.17, 15) is 30.7 Å². The van der Waals surface area contributed by atoms with Crippen molar-refractivity contribution >= 4 is 11.6 Å². The summed E-state index contributed by atoms with van der Waals surface area (Å²) in [5.41, 5.74) is -0.392. The quantitative estimate of drug-likeness (QED) is 0.805. The van der Waals surface area contributed by atoms with Gasteiger partial charge in [-0.2, -0.15) is 26.3 Å². The van der Waals surface area contributed by atoms with E-state index in [1.165, 1.54) is 12.1 Å². The van der Waals surface area contributed by atoms with Crippen LogP contribution in [0.25, 0.3) is 0 Å². The molecule has 0 spiro atoms. The van der Waals surface area contributed by atoms with Gasteiger partial charge in [0.2, 0.25) is 0 Å². The van der Waals surface area contributed by atoms with Crippen molar-refractivity contribution in [2.45, 2.75) is 24.8 Å². The molecule has 1 aromatic rings. The monoisotopic (exact) mass is 337 g/mol. The molecule has 0 aliphatic heterocycles. The molecule has 0 saturated heterocycles. The summed E-state index contributed by atoms with van der Waals surface area (Å²) in [6.07, 6.45) is -11.9. The minimum atomic E-state index is -5.51. The molecule has 0 saturated carbocycles. The normalized spacial score (nSPS) is 14.6. The molecule has 1 nitrogen and oxygen atoms in total. The third kappa shape index (κ3) is 4.47. The number of likely N-dealkylation sites (N-methyl/N-ethyl adjacent to an activating group) is 1. The fourth-order valence-electron chi connectivity index (χ4n) is 1.98. The second-order valence-electron chi connectivity index (χ2n) is 4.36. The van der Waals surface area contributed by atoms with Crippen LogP contribution in [0.1, 0.15) is 5.56 Å². The summed E-state index contributed by atoms with van der Waals surface area (Å²) in [7, 11) is 0.948. The minimum absolute atomic E-state index is 0.224. The molecule has 0 aliphatic carbocycles. The van der Waals surface area contributed by atoms with Gasteiger partial charge in [0.25, 0.3) is 0 Å². The van der Waals surface area contributed by atoms with Crippen molar-refractivity contribution in [3.8, 4) is 0 Å². The summed E-state index contributed by atoms with van der Waals surface area (Å²) in [5.74, 6) is -4.57. The van der Waals surface area contributed by atoms with Gasteiger partial charge in [0, 0.05) is 16.6 Å². The van der Waals surface area contributed by atoms with Crippen LogP contribution in [0.3, 0.4) is 0 Å². The molecule has 1 rings (SSSR count). The number of nitrogens with one attached hydrogen (secondary N) is 1. The fourth-order valence-corrected chi connectivity index (χ4v) is 2.22. The Morgan fingerprint density at radius 2 is 1.62 bits per heavy atom. The van der Waals surface area contributed by atoms with Crippen LogP contribution in [0, 0.1) is 11.7 Å². The average molecular weight is 338 g/mol. The highest BCUT2D eigenvalue weighted by Crippen LogP contribution is 2.42. The number of halogens is 8. The molecule has 9 heteroatoms. The first-order valence-electron chi connectivity index (χ1n) is 5.72. The Kier molecular flexibility index (Phi) is 5.49. The lowest BCUT2D eigenvalue weighted by molar-refractivity contribution is -0.291. The Morgan fingerprint density at radius 1 is 1.10 bits per heavy atom. The summed E-state index contributed by atoms with van der Waals surface area (Å²) >= 11 is 5.63. The standard InChI is InChI=1S/C12H11ClF7N/c1-21-9(10(11(15,16)17)12(18,19)20)5-6-7(13)3-2-4-8(6)14/h2-4,9-10,21H,5H2,1H3. The number of rotatable bonds is 4. The Morgan fingerprint density at radius 3 is 2.00 bits per heavy atom. The summed E-state index contributed by atoms with van der Waals surface area (Å²) < 4.78 is 89.6. The van der Waals surface area contributed by atoms with Crippen molar-refractivity contribution < 1.29 is 30.7 Å². The molecule has 1 unspecified atom stereocenters. The van der Waals surface area contributed by atoms with E-state index in [1.807, 2.05) is 5.32 Å². The van der Waals surface area contributed by atoms with Crippen LogP contribution in [0.15, 0.2) is 18.2 Å². The number of benzene rings is 1. The van der Waals surface area contributed by atoms with E-state index in [4.69, 9.17) is 11.6 Å². The molecular formula is C12H11ClF7N. The van der Waals surface area contributed by atoms with Gasteiger partial charge in [0.15, 0.2) is 5.92 Å². The van der Waals surface area contributed by atoms with Crippen molar-refractivity contribution in [3.05, 3.63) is 34.6 Å². The van der Waals surface area contributed by atoms with Crippen LogP contribution in [0.4, 0.5) is 30.7 Å². The second kappa shape index (κ2) is 6.39. The van der Waals surface area contributed by atoms with E-state index in [0.29, 0.717) is 0 Å². The Balaban J connectivity index is 3.17. The molecule has 0 amide bonds. The van der Waals surface area contributed by atoms with Gasteiger partial charge < -0.3 is 5.32 Å². The van der Waals surface area contributed by atoms with Crippen LogP contribution >= 0.6 is 11.6 Å². The van der Waals surface area contributed by atoms with Gasteiger partial charge in [-0.3, -0.25) is 0 Å². The molecule has 21 heavy (non-hydrogen) atoms. The van der Waals surface area contributed by atoms with Crippen LogP contribution in [0.2, 0.25) is 5.02 Å². The first-order chi connectivity index (χ1) is 9.48. The van der Waals surface area contributed by atoms with E-state index < -0.39 is 42.1 Å². The predicted octanol–water partition coefficient (Wildman–Crippen LogP) is 4.35. The third-order valence-corrected chi connectivity index (χ3v) is 3.32. The lowest BCUT2D eigenvalue weighted by Gasteiger charge is -2.30. The van der Waals surface area contributed by atoms with Crippen molar-refractivity contribution in [3.63, 3.8) is 0 Å². The highest BCUT2D eigenvalue weighted by atomic mass is 35.5. The van der Waals surface area contributed by atoms with Crippen molar-refractivity contribution in [2.24, 2.45) is 5.92 Å². The van der Waals surface area contributed by atoms with E-state index in [1.54, 1.807) is 0 Å². The van der Waals surface area contributed by atoms with E-state index in [2.05, 4.69) is 0 Å². The van der Waals surface area contributed by atoms with Crippen LogP contribution in [0.5, 0.6) is 0 Å². The predicted molar refractivity (Wildman–Crippen MR) is 63.6 cm³/mol. The van der Waals surface area contributed by atoms with Crippen molar-refractivity contribution in [1.82, 2.24) is 5.32 Å². The molecule has 0 radical (unpaired) electrons. The smallest absolute Gasteiger partial charge is 0.316 e. The lowest BCUT2D eigenvalue weighted by Crippen LogP contribution is -2.51.